The van der Waals surface area contributed by atoms with Crippen LogP contribution in [0.2, 0.25) is 10.0 Å². The number of nitrogens with zero attached hydrogens (tertiary/aromatic N) is 2. The van der Waals surface area contributed by atoms with Crippen LogP contribution in [-0.4, -0.2) is 16.4 Å². The molecule has 0 saturated carbocycles. The normalized spacial score (nSPS) is 11.6. The minimum Gasteiger partial charge on any atom is -0.326 e. The van der Waals surface area contributed by atoms with Gasteiger partial charge in [-0.05, 0) is 36.4 Å². The molecule has 0 radical (unpaired) electrons. The number of allylic oxidation sites excluding steroid dienone is 1. The lowest BCUT2D eigenvalue weighted by molar-refractivity contribution is -0.114. The van der Waals surface area contributed by atoms with Crippen molar-refractivity contribution in [2.75, 3.05) is 5.32 Å². The SMILES string of the molecule is C=CCn1c(=NC(=O)c2ccc(Cl)cc2Cl)sc2cc(NC(C)=O)ccc21. The molecule has 1 N–H and O–H groups in total. The van der Waals surface area contributed by atoms with Gasteiger partial charge in [-0.1, -0.05) is 40.6 Å². The van der Waals surface area contributed by atoms with Crippen molar-refractivity contribution in [3.63, 3.8) is 0 Å². The molecule has 0 aliphatic rings. The fourth-order valence-corrected chi connectivity index (χ4v) is 4.12. The van der Waals surface area contributed by atoms with Gasteiger partial charge in [-0.3, -0.25) is 9.59 Å². The summed E-state index contributed by atoms with van der Waals surface area (Å²) in [6.45, 7) is 5.70. The molecule has 5 nitrogen and oxygen atoms in total. The Bertz CT molecular complexity index is 1130. The summed E-state index contributed by atoms with van der Waals surface area (Å²) in [4.78, 5) is 28.6. The molecule has 1 aromatic heterocycles. The van der Waals surface area contributed by atoms with Crippen LogP contribution in [0.15, 0.2) is 54.0 Å². The summed E-state index contributed by atoms with van der Waals surface area (Å²) < 4.78 is 2.77. The smallest absolute Gasteiger partial charge is 0.281 e. The zero-order chi connectivity index (χ0) is 19.6. The first-order chi connectivity index (χ1) is 12.9. The zero-order valence-corrected chi connectivity index (χ0v) is 16.7. The van der Waals surface area contributed by atoms with E-state index in [1.807, 2.05) is 16.7 Å². The number of benzene rings is 2. The number of fused-ring (bicyclic) bond motifs is 1. The number of thiazole rings is 1. The third-order valence-corrected chi connectivity index (χ3v) is 5.26. The quantitative estimate of drug-likeness (QED) is 0.611. The molecule has 1 heterocycles. The minimum absolute atomic E-state index is 0.151. The number of nitrogens with one attached hydrogen (secondary N) is 1. The molecule has 138 valence electrons. The van der Waals surface area contributed by atoms with E-state index >= 15 is 0 Å². The van der Waals surface area contributed by atoms with E-state index < -0.39 is 5.91 Å². The van der Waals surface area contributed by atoms with Crippen LogP contribution in [0.3, 0.4) is 0 Å². The number of hydrogen-bond acceptors (Lipinski definition) is 3. The number of aromatic nitrogens is 1. The molecule has 0 fully saturated rings. The number of carbonyl (C=O) groups is 2. The van der Waals surface area contributed by atoms with Crippen molar-refractivity contribution in [1.29, 1.82) is 0 Å². The van der Waals surface area contributed by atoms with Crippen molar-refractivity contribution in [1.82, 2.24) is 4.57 Å². The van der Waals surface area contributed by atoms with Gasteiger partial charge in [0.15, 0.2) is 4.80 Å². The Morgan fingerprint density at radius 3 is 2.70 bits per heavy atom. The maximum atomic E-state index is 12.6. The molecule has 0 saturated heterocycles. The maximum Gasteiger partial charge on any atom is 0.281 e. The van der Waals surface area contributed by atoms with Crippen LogP contribution >= 0.6 is 34.5 Å². The predicted octanol–water partition coefficient (Wildman–Crippen LogP) is 4.90. The number of amides is 2. The number of rotatable bonds is 4. The Labute approximate surface area is 169 Å². The van der Waals surface area contributed by atoms with E-state index in [-0.39, 0.29) is 16.5 Å². The summed E-state index contributed by atoms with van der Waals surface area (Å²) in [6.07, 6.45) is 1.73. The van der Waals surface area contributed by atoms with E-state index in [2.05, 4.69) is 16.9 Å². The number of hydrogen-bond donors (Lipinski definition) is 1. The zero-order valence-electron chi connectivity index (χ0n) is 14.3. The van der Waals surface area contributed by atoms with E-state index in [1.54, 1.807) is 24.3 Å². The number of halogens is 2. The molecule has 0 atom stereocenters. The second-order valence-corrected chi connectivity index (χ2v) is 7.54. The highest BCUT2D eigenvalue weighted by atomic mass is 35.5. The fraction of sp³-hybridized carbons (Fsp3) is 0.105. The molecule has 2 amide bonds. The standard InChI is InChI=1S/C19H15Cl2N3O2S/c1-3-8-24-16-7-5-13(22-11(2)25)10-17(16)27-19(24)23-18(26)14-6-4-12(20)9-15(14)21/h3-7,9-10H,1,8H2,2H3,(H,22,25). The summed E-state index contributed by atoms with van der Waals surface area (Å²) >= 11 is 13.3. The van der Waals surface area contributed by atoms with Crippen LogP contribution in [0.1, 0.15) is 17.3 Å². The highest BCUT2D eigenvalue weighted by Gasteiger charge is 2.12. The molecule has 0 unspecified atom stereocenters. The van der Waals surface area contributed by atoms with Crippen molar-refractivity contribution >= 4 is 62.3 Å². The van der Waals surface area contributed by atoms with E-state index in [0.29, 0.717) is 22.1 Å². The lowest BCUT2D eigenvalue weighted by Crippen LogP contribution is -2.16. The Morgan fingerprint density at radius 1 is 1.26 bits per heavy atom. The van der Waals surface area contributed by atoms with E-state index in [9.17, 15) is 9.59 Å². The van der Waals surface area contributed by atoms with Gasteiger partial charge in [-0.2, -0.15) is 4.99 Å². The van der Waals surface area contributed by atoms with Gasteiger partial charge in [-0.25, -0.2) is 0 Å². The second kappa shape index (κ2) is 8.08. The summed E-state index contributed by atoms with van der Waals surface area (Å²) in [5, 5.41) is 3.45. The highest BCUT2D eigenvalue weighted by Crippen LogP contribution is 2.24. The third-order valence-electron chi connectivity index (χ3n) is 3.67. The van der Waals surface area contributed by atoms with Crippen LogP contribution in [0.25, 0.3) is 10.2 Å². The molecular weight excluding hydrogens is 405 g/mol. The lowest BCUT2D eigenvalue weighted by atomic mass is 10.2. The minimum atomic E-state index is -0.455. The van der Waals surface area contributed by atoms with Crippen LogP contribution < -0.4 is 10.1 Å². The average Bonchev–Trinajstić information content (AvgIpc) is 2.91. The topological polar surface area (TPSA) is 63.5 Å². The second-order valence-electron chi connectivity index (χ2n) is 5.69. The van der Waals surface area contributed by atoms with Crippen LogP contribution in [-0.2, 0) is 11.3 Å². The predicted molar refractivity (Wildman–Crippen MR) is 111 cm³/mol. The van der Waals surface area contributed by atoms with Gasteiger partial charge in [0.1, 0.15) is 0 Å². The average molecular weight is 420 g/mol. The first kappa shape index (κ1) is 19.4. The molecule has 0 bridgehead atoms. The maximum absolute atomic E-state index is 12.6. The van der Waals surface area contributed by atoms with E-state index in [4.69, 9.17) is 23.2 Å². The van der Waals surface area contributed by atoms with Gasteiger partial charge in [-0.15, -0.1) is 6.58 Å². The Morgan fingerprint density at radius 2 is 2.04 bits per heavy atom. The van der Waals surface area contributed by atoms with E-state index in [1.165, 1.54) is 24.3 Å². The molecule has 0 spiro atoms. The molecule has 27 heavy (non-hydrogen) atoms. The largest absolute Gasteiger partial charge is 0.326 e. The third kappa shape index (κ3) is 4.30. The summed E-state index contributed by atoms with van der Waals surface area (Å²) in [5.74, 6) is -0.606. The lowest BCUT2D eigenvalue weighted by Gasteiger charge is -2.04. The monoisotopic (exact) mass is 419 g/mol. The van der Waals surface area contributed by atoms with E-state index in [0.717, 1.165) is 10.2 Å². The van der Waals surface area contributed by atoms with Crippen molar-refractivity contribution in [3.8, 4) is 0 Å². The number of carbonyl (C=O) groups excluding carboxylic acids is 2. The Kier molecular flexibility index (Phi) is 5.79. The van der Waals surface area contributed by atoms with Gasteiger partial charge in [0, 0.05) is 24.2 Å². The Hall–Kier alpha value is -2.41. The van der Waals surface area contributed by atoms with Crippen molar-refractivity contribution in [2.24, 2.45) is 4.99 Å². The fourth-order valence-electron chi connectivity index (χ4n) is 2.56. The Balaban J connectivity index is 2.12. The van der Waals surface area contributed by atoms with Gasteiger partial charge in [0.05, 0.1) is 20.8 Å². The highest BCUT2D eigenvalue weighted by molar-refractivity contribution is 7.16. The van der Waals surface area contributed by atoms with Crippen molar-refractivity contribution in [2.45, 2.75) is 13.5 Å². The molecule has 0 aliphatic heterocycles. The first-order valence-corrected chi connectivity index (χ1v) is 9.52. The number of anilines is 1. The molecule has 2 aromatic carbocycles. The van der Waals surface area contributed by atoms with Gasteiger partial charge in [0.25, 0.3) is 5.91 Å². The van der Waals surface area contributed by atoms with Crippen molar-refractivity contribution < 1.29 is 9.59 Å². The van der Waals surface area contributed by atoms with Crippen LogP contribution in [0.4, 0.5) is 5.69 Å². The molecule has 3 aromatic rings. The molecule has 0 aliphatic carbocycles. The van der Waals surface area contributed by atoms with Crippen LogP contribution in [0, 0.1) is 0 Å². The summed E-state index contributed by atoms with van der Waals surface area (Å²) in [7, 11) is 0. The van der Waals surface area contributed by atoms with Gasteiger partial charge < -0.3 is 9.88 Å². The van der Waals surface area contributed by atoms with Crippen molar-refractivity contribution in [3.05, 3.63) is 69.5 Å². The van der Waals surface area contributed by atoms with Crippen LogP contribution in [0.5, 0.6) is 0 Å². The summed E-state index contributed by atoms with van der Waals surface area (Å²) in [6, 6.07) is 10.2. The molecule has 3 rings (SSSR count). The first-order valence-electron chi connectivity index (χ1n) is 7.95. The molecule has 8 heteroatoms. The van der Waals surface area contributed by atoms with Gasteiger partial charge in [0.2, 0.25) is 5.91 Å². The van der Waals surface area contributed by atoms with Gasteiger partial charge >= 0.3 is 0 Å². The molecular formula is C19H15Cl2N3O2S. The summed E-state index contributed by atoms with van der Waals surface area (Å²) in [5.41, 5.74) is 1.85.